The second-order valence-corrected chi connectivity index (χ2v) is 5.41. The van der Waals surface area contributed by atoms with Crippen LogP contribution in [0.1, 0.15) is 49.8 Å². The third kappa shape index (κ3) is 4.24. The molecule has 4 heteroatoms. The van der Waals surface area contributed by atoms with Crippen LogP contribution < -0.4 is 10.6 Å². The van der Waals surface area contributed by atoms with E-state index in [9.17, 15) is 4.79 Å². The van der Waals surface area contributed by atoms with Crippen LogP contribution in [0.25, 0.3) is 0 Å². The van der Waals surface area contributed by atoms with Gasteiger partial charge in [0.05, 0.1) is 0 Å². The van der Waals surface area contributed by atoms with Crippen LogP contribution in [0.15, 0.2) is 18.2 Å². The molecule has 0 aliphatic heterocycles. The molecule has 106 valence electrons. The van der Waals surface area contributed by atoms with Crippen molar-refractivity contribution in [2.75, 3.05) is 19.0 Å². The van der Waals surface area contributed by atoms with Crippen LogP contribution in [0.5, 0.6) is 0 Å². The minimum absolute atomic E-state index is 0.0972. The fourth-order valence-electron chi connectivity index (χ4n) is 2.07. The van der Waals surface area contributed by atoms with Crippen molar-refractivity contribution >= 4 is 11.7 Å². The minimum atomic E-state index is -0.804. The van der Waals surface area contributed by atoms with Crippen molar-refractivity contribution in [2.45, 2.75) is 38.6 Å². The van der Waals surface area contributed by atoms with Crippen LogP contribution >= 0.6 is 0 Å². The monoisotopic (exact) mass is 264 g/mol. The van der Waals surface area contributed by atoms with Gasteiger partial charge in [-0.25, -0.2) is 0 Å². The van der Waals surface area contributed by atoms with Crippen molar-refractivity contribution in [3.05, 3.63) is 29.3 Å². The van der Waals surface area contributed by atoms with Crippen LogP contribution in [0, 0.1) is 0 Å². The van der Waals surface area contributed by atoms with Gasteiger partial charge in [0.15, 0.2) is 0 Å². The van der Waals surface area contributed by atoms with E-state index in [2.05, 4.69) is 32.0 Å². The molecular weight excluding hydrogens is 240 g/mol. The van der Waals surface area contributed by atoms with Gasteiger partial charge in [0.2, 0.25) is 0 Å². The topological polar surface area (TPSA) is 66.6 Å². The fourth-order valence-corrected chi connectivity index (χ4v) is 2.07. The summed E-state index contributed by atoms with van der Waals surface area (Å²) in [6, 6.07) is 6.03. The van der Waals surface area contributed by atoms with Gasteiger partial charge in [0.25, 0.3) is 0 Å². The molecule has 1 aromatic rings. The lowest BCUT2D eigenvalue weighted by molar-refractivity contribution is -0.137. The lowest BCUT2D eigenvalue weighted by Crippen LogP contribution is -2.18. The van der Waals surface area contributed by atoms with Crippen LogP contribution in [0.4, 0.5) is 5.69 Å². The smallest absolute Gasteiger partial charge is 0.303 e. The molecule has 0 aromatic heterocycles. The molecule has 0 bridgehead atoms. The maximum atomic E-state index is 10.7. The molecule has 3 N–H and O–H groups in total. The molecule has 1 aromatic carbocycles. The van der Waals surface area contributed by atoms with Gasteiger partial charge in [-0.1, -0.05) is 26.0 Å². The summed E-state index contributed by atoms with van der Waals surface area (Å²) in [6.07, 6.45) is 0.553. The van der Waals surface area contributed by atoms with E-state index >= 15 is 0 Å². The number of benzene rings is 1. The first-order valence-electron chi connectivity index (χ1n) is 6.61. The summed E-state index contributed by atoms with van der Waals surface area (Å²) in [5.41, 5.74) is 9.47. The second kappa shape index (κ2) is 6.57. The molecular formula is C15H24N2O2. The number of carbonyl (C=O) groups is 1. The zero-order chi connectivity index (χ0) is 14.6. The van der Waals surface area contributed by atoms with Crippen LogP contribution in [-0.2, 0) is 4.79 Å². The third-order valence-corrected chi connectivity index (χ3v) is 3.27. The maximum Gasteiger partial charge on any atom is 0.303 e. The maximum absolute atomic E-state index is 10.7. The van der Waals surface area contributed by atoms with Crippen molar-refractivity contribution in [3.8, 4) is 0 Å². The average molecular weight is 264 g/mol. The van der Waals surface area contributed by atoms with E-state index in [1.165, 1.54) is 5.56 Å². The Morgan fingerprint density at radius 3 is 2.47 bits per heavy atom. The van der Waals surface area contributed by atoms with Crippen LogP contribution in [-0.4, -0.2) is 25.2 Å². The molecule has 0 spiro atoms. The highest BCUT2D eigenvalue weighted by molar-refractivity contribution is 5.67. The quantitative estimate of drug-likeness (QED) is 0.829. The van der Waals surface area contributed by atoms with Gasteiger partial charge in [-0.3, -0.25) is 4.79 Å². The molecule has 0 aliphatic carbocycles. The lowest BCUT2D eigenvalue weighted by Gasteiger charge is -2.23. The first kappa shape index (κ1) is 15.5. The first-order valence-corrected chi connectivity index (χ1v) is 6.61. The minimum Gasteiger partial charge on any atom is -0.481 e. The second-order valence-electron chi connectivity index (χ2n) is 5.41. The average Bonchev–Trinajstić information content (AvgIpc) is 2.34. The van der Waals surface area contributed by atoms with Crippen molar-refractivity contribution in [1.82, 2.24) is 0 Å². The summed E-state index contributed by atoms with van der Waals surface area (Å²) in [5, 5.41) is 8.76. The van der Waals surface area contributed by atoms with Crippen LogP contribution in [0.2, 0.25) is 0 Å². The zero-order valence-corrected chi connectivity index (χ0v) is 12.2. The van der Waals surface area contributed by atoms with Crippen molar-refractivity contribution in [2.24, 2.45) is 5.73 Å². The molecule has 1 atom stereocenters. The Labute approximate surface area is 115 Å². The van der Waals surface area contributed by atoms with Gasteiger partial charge < -0.3 is 15.7 Å². The summed E-state index contributed by atoms with van der Waals surface area (Å²) >= 11 is 0. The number of carboxylic acid groups (broad SMARTS) is 1. The number of hydrogen-bond donors (Lipinski definition) is 2. The Kier molecular flexibility index (Phi) is 5.36. The molecule has 0 fully saturated rings. The summed E-state index contributed by atoms with van der Waals surface area (Å²) in [6.45, 7) is 4.27. The Hall–Kier alpha value is -1.55. The third-order valence-electron chi connectivity index (χ3n) is 3.27. The number of carboxylic acids is 1. The van der Waals surface area contributed by atoms with Gasteiger partial charge in [-0.05, 0) is 29.5 Å². The largest absolute Gasteiger partial charge is 0.481 e. The zero-order valence-electron chi connectivity index (χ0n) is 12.2. The highest BCUT2D eigenvalue weighted by atomic mass is 16.4. The number of aliphatic carboxylic acids is 1. The highest BCUT2D eigenvalue weighted by Gasteiger charge is 2.15. The van der Waals surface area contributed by atoms with E-state index in [-0.39, 0.29) is 12.5 Å². The van der Waals surface area contributed by atoms with Crippen molar-refractivity contribution < 1.29 is 9.90 Å². The SMILES string of the molecule is CC(C)c1ccc(N(C)C)c(C(N)CCC(=O)O)c1. The Morgan fingerprint density at radius 2 is 2.00 bits per heavy atom. The lowest BCUT2D eigenvalue weighted by atomic mass is 9.94. The molecule has 1 unspecified atom stereocenters. The molecule has 0 amide bonds. The standard InChI is InChI=1S/C15H24N2O2/c1-10(2)11-5-7-14(17(3)4)12(9-11)13(16)6-8-15(18)19/h5,7,9-10,13H,6,8,16H2,1-4H3,(H,18,19). The van der Waals surface area contributed by atoms with Crippen LogP contribution in [0.3, 0.4) is 0 Å². The summed E-state index contributed by atoms with van der Waals surface area (Å²) in [5.74, 6) is -0.372. The highest BCUT2D eigenvalue weighted by Crippen LogP contribution is 2.30. The number of rotatable bonds is 6. The van der Waals surface area contributed by atoms with Crippen molar-refractivity contribution in [1.29, 1.82) is 0 Å². The Balaban J connectivity index is 3.06. The number of hydrogen-bond acceptors (Lipinski definition) is 3. The number of nitrogens with zero attached hydrogens (tertiary/aromatic N) is 1. The fraction of sp³-hybridized carbons (Fsp3) is 0.533. The molecule has 19 heavy (non-hydrogen) atoms. The van der Waals surface area contributed by atoms with Crippen molar-refractivity contribution in [3.63, 3.8) is 0 Å². The van der Waals surface area contributed by atoms with E-state index in [4.69, 9.17) is 10.8 Å². The summed E-state index contributed by atoms with van der Waals surface area (Å²) in [7, 11) is 3.94. The van der Waals surface area contributed by atoms with Gasteiger partial charge in [0, 0.05) is 32.2 Å². The summed E-state index contributed by atoms with van der Waals surface area (Å²) < 4.78 is 0. The number of anilines is 1. The molecule has 0 heterocycles. The van der Waals surface area contributed by atoms with E-state index in [1.54, 1.807) is 0 Å². The molecule has 0 aliphatic rings. The van der Waals surface area contributed by atoms with E-state index in [0.717, 1.165) is 11.3 Å². The Bertz CT molecular complexity index is 442. The predicted octanol–water partition coefficient (Wildman–Crippen LogP) is 2.74. The first-order chi connectivity index (χ1) is 8.82. The Morgan fingerprint density at radius 1 is 1.37 bits per heavy atom. The van der Waals surface area contributed by atoms with E-state index in [0.29, 0.717) is 12.3 Å². The summed E-state index contributed by atoms with van der Waals surface area (Å²) in [4.78, 5) is 12.7. The van der Waals surface area contributed by atoms with Gasteiger partial charge in [0.1, 0.15) is 0 Å². The predicted molar refractivity (Wildman–Crippen MR) is 78.7 cm³/mol. The van der Waals surface area contributed by atoms with Gasteiger partial charge >= 0.3 is 5.97 Å². The van der Waals surface area contributed by atoms with E-state index < -0.39 is 5.97 Å². The molecule has 4 nitrogen and oxygen atoms in total. The molecule has 1 rings (SSSR count). The van der Waals surface area contributed by atoms with Gasteiger partial charge in [-0.15, -0.1) is 0 Å². The molecule has 0 radical (unpaired) electrons. The normalized spacial score (nSPS) is 12.5. The molecule has 0 saturated carbocycles. The molecule has 0 saturated heterocycles. The number of nitrogens with two attached hydrogens (primary N) is 1. The van der Waals surface area contributed by atoms with Gasteiger partial charge in [-0.2, -0.15) is 0 Å². The van der Waals surface area contributed by atoms with E-state index in [1.807, 2.05) is 19.0 Å².